The van der Waals surface area contributed by atoms with Gasteiger partial charge in [0.15, 0.2) is 0 Å². The molecule has 0 radical (unpaired) electrons. The van der Waals surface area contributed by atoms with E-state index >= 15 is 0 Å². The lowest BCUT2D eigenvalue weighted by molar-refractivity contribution is -0.384. The Hall–Kier alpha value is -1.66. The molecule has 0 aliphatic carbocycles. The number of nitrogens with zero attached hydrogens (tertiary/aromatic N) is 2. The minimum atomic E-state index is -0.429. The number of piperidine rings is 1. The van der Waals surface area contributed by atoms with E-state index in [9.17, 15) is 15.2 Å². The van der Waals surface area contributed by atoms with E-state index in [1.54, 1.807) is 12.1 Å². The van der Waals surface area contributed by atoms with E-state index < -0.39 is 4.92 Å². The second kappa shape index (κ2) is 7.38. The Morgan fingerprint density at radius 2 is 2.29 bits per heavy atom. The molecule has 2 atom stereocenters. The van der Waals surface area contributed by atoms with Crippen LogP contribution in [0.1, 0.15) is 26.2 Å². The number of non-ortho nitro benzene ring substituents is 1. The van der Waals surface area contributed by atoms with E-state index in [0.29, 0.717) is 18.4 Å². The molecule has 0 aromatic heterocycles. The highest BCUT2D eigenvalue weighted by atomic mass is 16.6. The number of benzene rings is 1. The molecule has 1 aliphatic rings. The summed E-state index contributed by atoms with van der Waals surface area (Å²) in [6.07, 6.45) is 3.29. The number of hydrogen-bond donors (Lipinski definition) is 1. The summed E-state index contributed by atoms with van der Waals surface area (Å²) < 4.78 is 5.61. The van der Waals surface area contributed by atoms with Crippen molar-refractivity contribution in [2.45, 2.75) is 38.3 Å². The van der Waals surface area contributed by atoms with E-state index in [4.69, 9.17) is 4.74 Å². The number of ether oxygens (including phenoxy) is 1. The molecule has 1 aliphatic heterocycles. The van der Waals surface area contributed by atoms with Gasteiger partial charge < -0.3 is 9.84 Å². The third kappa shape index (κ3) is 4.15. The predicted molar refractivity (Wildman–Crippen MR) is 79.5 cm³/mol. The van der Waals surface area contributed by atoms with Crippen molar-refractivity contribution in [2.24, 2.45) is 0 Å². The van der Waals surface area contributed by atoms with E-state index in [-0.39, 0.29) is 18.3 Å². The largest absolute Gasteiger partial charge is 0.492 e. The lowest BCUT2D eigenvalue weighted by Gasteiger charge is -2.39. The van der Waals surface area contributed by atoms with Gasteiger partial charge in [-0.3, -0.25) is 15.0 Å². The normalized spacial score (nSPS) is 23.0. The Kier molecular flexibility index (Phi) is 5.52. The monoisotopic (exact) mass is 294 g/mol. The summed E-state index contributed by atoms with van der Waals surface area (Å²) in [6.45, 7) is 3.51. The molecular formula is C15H22N2O4. The summed E-state index contributed by atoms with van der Waals surface area (Å²) in [6, 6.07) is 6.85. The van der Waals surface area contributed by atoms with Crippen molar-refractivity contribution in [3.8, 4) is 5.75 Å². The van der Waals surface area contributed by atoms with Crippen LogP contribution >= 0.6 is 0 Å². The second-order valence-electron chi connectivity index (χ2n) is 5.46. The van der Waals surface area contributed by atoms with Crippen LogP contribution in [0.2, 0.25) is 0 Å². The number of aliphatic hydroxyl groups is 1. The fourth-order valence-electron chi connectivity index (χ4n) is 2.90. The molecule has 6 nitrogen and oxygen atoms in total. The smallest absolute Gasteiger partial charge is 0.273 e. The second-order valence-corrected chi connectivity index (χ2v) is 5.46. The molecule has 1 aromatic carbocycles. The first kappa shape index (κ1) is 15.7. The number of likely N-dealkylation sites (tertiary alicyclic amines) is 1. The average Bonchev–Trinajstić information content (AvgIpc) is 2.49. The molecule has 2 unspecified atom stereocenters. The number of nitro benzene ring substituents is 1. The van der Waals surface area contributed by atoms with Crippen molar-refractivity contribution < 1.29 is 14.8 Å². The summed E-state index contributed by atoms with van der Waals surface area (Å²) in [7, 11) is 0. The summed E-state index contributed by atoms with van der Waals surface area (Å²) in [5.41, 5.74) is 0.0343. The first-order valence-corrected chi connectivity index (χ1v) is 7.35. The molecule has 0 saturated carbocycles. The molecule has 0 bridgehead atoms. The van der Waals surface area contributed by atoms with Gasteiger partial charge in [-0.25, -0.2) is 0 Å². The lowest BCUT2D eigenvalue weighted by Crippen LogP contribution is -2.48. The molecular weight excluding hydrogens is 272 g/mol. The van der Waals surface area contributed by atoms with E-state index in [2.05, 4.69) is 11.8 Å². The zero-order valence-corrected chi connectivity index (χ0v) is 12.3. The Bertz CT molecular complexity index is 480. The molecule has 1 aromatic rings. The van der Waals surface area contributed by atoms with Gasteiger partial charge in [0, 0.05) is 24.7 Å². The summed E-state index contributed by atoms with van der Waals surface area (Å²) >= 11 is 0. The maximum atomic E-state index is 10.7. The van der Waals surface area contributed by atoms with Crippen molar-refractivity contribution in [3.63, 3.8) is 0 Å². The van der Waals surface area contributed by atoms with Crippen LogP contribution in [0.4, 0.5) is 5.69 Å². The maximum Gasteiger partial charge on any atom is 0.273 e. The Balaban J connectivity index is 1.88. The molecule has 0 amide bonds. The molecule has 0 spiro atoms. The molecule has 1 heterocycles. The van der Waals surface area contributed by atoms with Crippen molar-refractivity contribution in [3.05, 3.63) is 34.4 Å². The highest BCUT2D eigenvalue weighted by Gasteiger charge is 2.26. The number of aliphatic hydroxyl groups excluding tert-OH is 1. The van der Waals surface area contributed by atoms with Crippen LogP contribution in [0, 0.1) is 10.1 Å². The highest BCUT2D eigenvalue weighted by molar-refractivity contribution is 5.37. The molecule has 6 heteroatoms. The Labute approximate surface area is 124 Å². The lowest BCUT2D eigenvalue weighted by atomic mass is 9.97. The molecule has 116 valence electrons. The fraction of sp³-hybridized carbons (Fsp3) is 0.600. The van der Waals surface area contributed by atoms with Gasteiger partial charge in [0.1, 0.15) is 12.4 Å². The Morgan fingerprint density at radius 1 is 1.48 bits per heavy atom. The van der Waals surface area contributed by atoms with E-state index in [1.165, 1.54) is 12.1 Å². The fourth-order valence-corrected chi connectivity index (χ4v) is 2.90. The molecule has 21 heavy (non-hydrogen) atoms. The SMILES string of the molecule is CC1CCCC(CO)N1CCOc1cccc([N+](=O)[O-])c1. The Morgan fingerprint density at radius 3 is 3.00 bits per heavy atom. The van der Waals surface area contributed by atoms with E-state index in [1.807, 2.05) is 0 Å². The van der Waals surface area contributed by atoms with Crippen LogP contribution in [0.15, 0.2) is 24.3 Å². The van der Waals surface area contributed by atoms with Crippen LogP contribution < -0.4 is 4.74 Å². The highest BCUT2D eigenvalue weighted by Crippen LogP contribution is 2.23. The summed E-state index contributed by atoms with van der Waals surface area (Å²) in [5, 5.41) is 20.1. The van der Waals surface area contributed by atoms with Gasteiger partial charge in [-0.1, -0.05) is 12.5 Å². The molecule has 2 rings (SSSR count). The number of nitro groups is 1. The first-order valence-electron chi connectivity index (χ1n) is 7.35. The maximum absolute atomic E-state index is 10.7. The zero-order valence-electron chi connectivity index (χ0n) is 12.3. The van der Waals surface area contributed by atoms with Crippen molar-refractivity contribution >= 4 is 5.69 Å². The van der Waals surface area contributed by atoms with Gasteiger partial charge >= 0.3 is 0 Å². The first-order chi connectivity index (χ1) is 10.1. The molecule has 1 fully saturated rings. The van der Waals surface area contributed by atoms with E-state index in [0.717, 1.165) is 25.8 Å². The van der Waals surface area contributed by atoms with Gasteiger partial charge in [0.2, 0.25) is 0 Å². The summed E-state index contributed by atoms with van der Waals surface area (Å²) in [5.74, 6) is 0.509. The molecule has 1 saturated heterocycles. The van der Waals surface area contributed by atoms with Crippen LogP contribution in [-0.4, -0.2) is 46.8 Å². The van der Waals surface area contributed by atoms with Crippen LogP contribution in [0.3, 0.4) is 0 Å². The van der Waals surface area contributed by atoms with Crippen molar-refractivity contribution in [1.82, 2.24) is 4.90 Å². The minimum Gasteiger partial charge on any atom is -0.492 e. The van der Waals surface area contributed by atoms with Crippen LogP contribution in [0.5, 0.6) is 5.75 Å². The average molecular weight is 294 g/mol. The number of hydrogen-bond acceptors (Lipinski definition) is 5. The van der Waals surface area contributed by atoms with Gasteiger partial charge in [-0.15, -0.1) is 0 Å². The minimum absolute atomic E-state index is 0.0343. The quantitative estimate of drug-likeness (QED) is 0.643. The van der Waals surface area contributed by atoms with Gasteiger partial charge in [0.25, 0.3) is 5.69 Å². The predicted octanol–water partition coefficient (Wildman–Crippen LogP) is 2.21. The third-order valence-corrected chi connectivity index (χ3v) is 4.05. The van der Waals surface area contributed by atoms with Crippen LogP contribution in [-0.2, 0) is 0 Å². The zero-order chi connectivity index (χ0) is 15.2. The van der Waals surface area contributed by atoms with Gasteiger partial charge in [-0.2, -0.15) is 0 Å². The van der Waals surface area contributed by atoms with Gasteiger partial charge in [-0.05, 0) is 25.8 Å². The van der Waals surface area contributed by atoms with Gasteiger partial charge in [0.05, 0.1) is 17.6 Å². The third-order valence-electron chi connectivity index (χ3n) is 4.05. The van der Waals surface area contributed by atoms with Crippen molar-refractivity contribution in [1.29, 1.82) is 0 Å². The van der Waals surface area contributed by atoms with Crippen molar-refractivity contribution in [2.75, 3.05) is 19.8 Å². The number of rotatable bonds is 6. The molecule has 1 N–H and O–H groups in total. The summed E-state index contributed by atoms with van der Waals surface area (Å²) in [4.78, 5) is 12.5. The topological polar surface area (TPSA) is 75.8 Å². The standard InChI is InChI=1S/C15H22N2O4/c1-12-4-2-6-14(11-18)16(12)8-9-21-15-7-3-5-13(10-15)17(19)20/h3,5,7,10,12,14,18H,2,4,6,8-9,11H2,1H3. The van der Waals surface area contributed by atoms with Crippen LogP contribution in [0.25, 0.3) is 0 Å².